The molecule has 2 aromatic rings. The van der Waals surface area contributed by atoms with E-state index in [1.54, 1.807) is 0 Å². The molecule has 4 heteroatoms. The molecule has 2 rings (SSSR count). The Labute approximate surface area is 112 Å². The molecule has 0 saturated carbocycles. The summed E-state index contributed by atoms with van der Waals surface area (Å²) >= 11 is 5.92. The Bertz CT molecular complexity index is 524. The van der Waals surface area contributed by atoms with E-state index in [0.29, 0.717) is 5.82 Å². The standard InChI is InChI=1S/C14H16ClN3/c1-3-9-8-12(16)18-14(17-2)13(9)10-4-6-11(15)7-5-10/h4-8H,3H2,1-2H3,(H3,16,17,18). The second-order valence-corrected chi connectivity index (χ2v) is 4.48. The molecule has 0 atom stereocenters. The number of nitrogens with zero attached hydrogens (tertiary/aromatic N) is 1. The number of rotatable bonds is 3. The van der Waals surface area contributed by atoms with E-state index in [1.165, 1.54) is 5.56 Å². The van der Waals surface area contributed by atoms with Crippen LogP contribution in [0.5, 0.6) is 0 Å². The minimum absolute atomic E-state index is 0.536. The molecule has 3 N–H and O–H groups in total. The molecule has 1 aromatic heterocycles. The first-order valence-electron chi connectivity index (χ1n) is 5.88. The first kappa shape index (κ1) is 12.7. The lowest BCUT2D eigenvalue weighted by Crippen LogP contribution is -2.03. The number of nitrogens with one attached hydrogen (secondary N) is 1. The molecular formula is C14H16ClN3. The highest BCUT2D eigenvalue weighted by Gasteiger charge is 2.11. The fourth-order valence-electron chi connectivity index (χ4n) is 2.02. The Morgan fingerprint density at radius 3 is 2.50 bits per heavy atom. The van der Waals surface area contributed by atoms with Gasteiger partial charge in [0.15, 0.2) is 0 Å². The van der Waals surface area contributed by atoms with Gasteiger partial charge in [-0.3, -0.25) is 0 Å². The summed E-state index contributed by atoms with van der Waals surface area (Å²) in [5.74, 6) is 1.34. The Balaban J connectivity index is 2.64. The number of nitrogen functional groups attached to an aromatic ring is 1. The first-order valence-corrected chi connectivity index (χ1v) is 6.26. The minimum atomic E-state index is 0.536. The second kappa shape index (κ2) is 5.27. The van der Waals surface area contributed by atoms with E-state index < -0.39 is 0 Å². The van der Waals surface area contributed by atoms with Crippen LogP contribution in [0.3, 0.4) is 0 Å². The highest BCUT2D eigenvalue weighted by Crippen LogP contribution is 2.32. The van der Waals surface area contributed by atoms with Gasteiger partial charge in [0.1, 0.15) is 11.6 Å². The van der Waals surface area contributed by atoms with Gasteiger partial charge in [-0.25, -0.2) is 4.98 Å². The molecule has 0 fully saturated rings. The topological polar surface area (TPSA) is 50.9 Å². The van der Waals surface area contributed by atoms with Crippen LogP contribution < -0.4 is 11.1 Å². The Hall–Kier alpha value is -1.74. The normalized spacial score (nSPS) is 10.4. The lowest BCUT2D eigenvalue weighted by Gasteiger charge is -2.14. The van der Waals surface area contributed by atoms with Gasteiger partial charge in [-0.2, -0.15) is 0 Å². The van der Waals surface area contributed by atoms with Gasteiger partial charge < -0.3 is 11.1 Å². The predicted molar refractivity (Wildman–Crippen MR) is 78.0 cm³/mol. The summed E-state index contributed by atoms with van der Waals surface area (Å²) in [7, 11) is 1.85. The summed E-state index contributed by atoms with van der Waals surface area (Å²) in [5, 5.41) is 3.83. The van der Waals surface area contributed by atoms with Crippen molar-refractivity contribution in [2.24, 2.45) is 0 Å². The van der Waals surface area contributed by atoms with Crippen molar-refractivity contribution in [3.8, 4) is 11.1 Å². The fraction of sp³-hybridized carbons (Fsp3) is 0.214. The number of hydrogen-bond acceptors (Lipinski definition) is 3. The summed E-state index contributed by atoms with van der Waals surface area (Å²) in [5.41, 5.74) is 9.16. The number of aryl methyl sites for hydroxylation is 1. The van der Waals surface area contributed by atoms with E-state index in [1.807, 2.05) is 37.4 Å². The molecule has 18 heavy (non-hydrogen) atoms. The molecule has 3 nitrogen and oxygen atoms in total. The lowest BCUT2D eigenvalue weighted by atomic mass is 9.99. The van der Waals surface area contributed by atoms with Crippen LogP contribution in [0.2, 0.25) is 5.02 Å². The van der Waals surface area contributed by atoms with Gasteiger partial charge in [-0.05, 0) is 35.7 Å². The van der Waals surface area contributed by atoms with E-state index in [0.717, 1.165) is 28.4 Å². The molecule has 1 aromatic carbocycles. The van der Waals surface area contributed by atoms with E-state index >= 15 is 0 Å². The second-order valence-electron chi connectivity index (χ2n) is 4.04. The smallest absolute Gasteiger partial charge is 0.136 e. The number of pyridine rings is 1. The van der Waals surface area contributed by atoms with Crippen molar-refractivity contribution >= 4 is 23.2 Å². The zero-order valence-electron chi connectivity index (χ0n) is 10.5. The van der Waals surface area contributed by atoms with Crippen molar-refractivity contribution in [2.45, 2.75) is 13.3 Å². The average molecular weight is 262 g/mol. The quantitative estimate of drug-likeness (QED) is 0.888. The molecule has 0 spiro atoms. The maximum Gasteiger partial charge on any atom is 0.136 e. The fourth-order valence-corrected chi connectivity index (χ4v) is 2.14. The molecule has 0 amide bonds. The average Bonchev–Trinajstić information content (AvgIpc) is 2.39. The summed E-state index contributed by atoms with van der Waals surface area (Å²) in [6.07, 6.45) is 0.902. The van der Waals surface area contributed by atoms with Crippen LogP contribution in [-0.2, 0) is 6.42 Å². The molecular weight excluding hydrogens is 246 g/mol. The summed E-state index contributed by atoms with van der Waals surface area (Å²) < 4.78 is 0. The summed E-state index contributed by atoms with van der Waals surface area (Å²) in [4.78, 5) is 4.33. The molecule has 0 aliphatic carbocycles. The molecule has 0 bridgehead atoms. The number of nitrogens with two attached hydrogens (primary N) is 1. The van der Waals surface area contributed by atoms with Crippen molar-refractivity contribution in [3.05, 3.63) is 40.9 Å². The van der Waals surface area contributed by atoms with Crippen LogP contribution in [0.15, 0.2) is 30.3 Å². The van der Waals surface area contributed by atoms with Crippen LogP contribution in [0, 0.1) is 0 Å². The third-order valence-electron chi connectivity index (χ3n) is 2.87. The van der Waals surface area contributed by atoms with E-state index in [4.69, 9.17) is 17.3 Å². The van der Waals surface area contributed by atoms with Gasteiger partial charge in [0.05, 0.1) is 0 Å². The molecule has 0 aliphatic rings. The first-order chi connectivity index (χ1) is 8.65. The van der Waals surface area contributed by atoms with E-state index in [9.17, 15) is 0 Å². The highest BCUT2D eigenvalue weighted by molar-refractivity contribution is 6.30. The van der Waals surface area contributed by atoms with Crippen molar-refractivity contribution in [1.82, 2.24) is 4.98 Å². The number of hydrogen-bond donors (Lipinski definition) is 2. The third-order valence-corrected chi connectivity index (χ3v) is 3.12. The van der Waals surface area contributed by atoms with Gasteiger partial charge >= 0.3 is 0 Å². The molecule has 0 saturated heterocycles. The van der Waals surface area contributed by atoms with Crippen LogP contribution >= 0.6 is 11.6 Å². The van der Waals surface area contributed by atoms with Crippen molar-refractivity contribution in [1.29, 1.82) is 0 Å². The molecule has 0 unspecified atom stereocenters. The molecule has 0 radical (unpaired) electrons. The largest absolute Gasteiger partial charge is 0.384 e. The van der Waals surface area contributed by atoms with Crippen molar-refractivity contribution in [2.75, 3.05) is 18.1 Å². The van der Waals surface area contributed by atoms with Gasteiger partial charge in [-0.1, -0.05) is 30.7 Å². The number of halogens is 1. The number of anilines is 2. The number of benzene rings is 1. The SMILES string of the molecule is CCc1cc(N)nc(NC)c1-c1ccc(Cl)cc1. The van der Waals surface area contributed by atoms with Gasteiger partial charge in [-0.15, -0.1) is 0 Å². The predicted octanol–water partition coefficient (Wildman–Crippen LogP) is 3.59. The van der Waals surface area contributed by atoms with Crippen LogP contribution in [0.1, 0.15) is 12.5 Å². The van der Waals surface area contributed by atoms with E-state index in [2.05, 4.69) is 17.2 Å². The molecule has 94 valence electrons. The zero-order chi connectivity index (χ0) is 13.1. The maximum atomic E-state index is 5.92. The third kappa shape index (κ3) is 2.41. The van der Waals surface area contributed by atoms with Gasteiger partial charge in [0.25, 0.3) is 0 Å². The van der Waals surface area contributed by atoms with Crippen LogP contribution in [-0.4, -0.2) is 12.0 Å². The lowest BCUT2D eigenvalue weighted by molar-refractivity contribution is 1.12. The van der Waals surface area contributed by atoms with Crippen molar-refractivity contribution in [3.63, 3.8) is 0 Å². The highest BCUT2D eigenvalue weighted by atomic mass is 35.5. The monoisotopic (exact) mass is 261 g/mol. The Morgan fingerprint density at radius 2 is 1.94 bits per heavy atom. The Morgan fingerprint density at radius 1 is 1.28 bits per heavy atom. The van der Waals surface area contributed by atoms with Crippen LogP contribution in [0.25, 0.3) is 11.1 Å². The van der Waals surface area contributed by atoms with Crippen LogP contribution in [0.4, 0.5) is 11.6 Å². The van der Waals surface area contributed by atoms with Crippen molar-refractivity contribution < 1.29 is 0 Å². The Kier molecular flexibility index (Phi) is 3.72. The maximum absolute atomic E-state index is 5.92. The zero-order valence-corrected chi connectivity index (χ0v) is 11.3. The number of aromatic nitrogens is 1. The van der Waals surface area contributed by atoms with Gasteiger partial charge in [0.2, 0.25) is 0 Å². The minimum Gasteiger partial charge on any atom is -0.384 e. The molecule has 0 aliphatic heterocycles. The summed E-state index contributed by atoms with van der Waals surface area (Å²) in [6.45, 7) is 2.10. The van der Waals surface area contributed by atoms with E-state index in [-0.39, 0.29) is 0 Å². The summed E-state index contributed by atoms with van der Waals surface area (Å²) in [6, 6.07) is 9.67. The molecule has 1 heterocycles. The van der Waals surface area contributed by atoms with Gasteiger partial charge in [0, 0.05) is 17.6 Å².